The van der Waals surface area contributed by atoms with Gasteiger partial charge in [-0.3, -0.25) is 0 Å². The second-order valence-electron chi connectivity index (χ2n) is 9.89. The van der Waals surface area contributed by atoms with Crippen molar-refractivity contribution in [1.82, 2.24) is 4.57 Å². The van der Waals surface area contributed by atoms with Crippen LogP contribution in [0.15, 0.2) is 128 Å². The fraction of sp³-hybridized carbons (Fsp3) is 0.0303. The number of pyridine rings is 2. The first-order valence-electron chi connectivity index (χ1n) is 12.8. The minimum Gasteiger partial charge on any atom is -0.404 e. The van der Waals surface area contributed by atoms with Crippen LogP contribution in [-0.2, 0) is 5.79 Å². The topological polar surface area (TPSA) is 31.1 Å². The van der Waals surface area contributed by atoms with Crippen LogP contribution in [0.25, 0.3) is 33.6 Å². The maximum Gasteiger partial charge on any atom is 0.494 e. The Kier molecular flexibility index (Phi) is 3.67. The van der Waals surface area contributed by atoms with E-state index in [2.05, 4.69) is 98.9 Å². The second-order valence-corrected chi connectivity index (χ2v) is 9.89. The highest BCUT2D eigenvalue weighted by Gasteiger charge is 2.70. The molecule has 3 aromatic heterocycles. The molecule has 6 aromatic rings. The molecule has 1 atom stereocenters. The highest BCUT2D eigenvalue weighted by molar-refractivity contribution is 5.75. The number of hydrogen-bond donors (Lipinski definition) is 0. The van der Waals surface area contributed by atoms with Crippen LogP contribution >= 0.6 is 0 Å². The molecule has 9 rings (SSSR count). The number of benzene rings is 3. The minimum atomic E-state index is -0.720. The summed E-state index contributed by atoms with van der Waals surface area (Å²) in [7, 11) is 0. The molecular weight excluding hydrogens is 470 g/mol. The van der Waals surface area contributed by atoms with Crippen molar-refractivity contribution in [3.63, 3.8) is 0 Å². The zero-order valence-corrected chi connectivity index (χ0v) is 20.3. The third kappa shape index (κ3) is 2.36. The number of rotatable bonds is 2. The molecule has 0 amide bonds. The number of ether oxygens (including phenoxy) is 2. The van der Waals surface area contributed by atoms with Crippen molar-refractivity contribution in [1.29, 1.82) is 0 Å². The number of hydrogen-bond acceptors (Lipinski definition) is 2. The molecule has 0 bridgehead atoms. The Labute approximate surface area is 219 Å². The van der Waals surface area contributed by atoms with Crippen molar-refractivity contribution in [2.24, 2.45) is 0 Å². The highest BCUT2D eigenvalue weighted by atomic mass is 16.5. The Morgan fingerprint density at radius 1 is 0.579 bits per heavy atom. The summed E-state index contributed by atoms with van der Waals surface area (Å²) in [6.45, 7) is 0. The van der Waals surface area contributed by atoms with E-state index in [1.165, 1.54) is 22.3 Å². The Morgan fingerprint density at radius 3 is 2.05 bits per heavy atom. The van der Waals surface area contributed by atoms with Crippen molar-refractivity contribution in [2.45, 2.75) is 5.79 Å². The van der Waals surface area contributed by atoms with Gasteiger partial charge in [-0.05, 0) is 47.0 Å². The summed E-state index contributed by atoms with van der Waals surface area (Å²) >= 11 is 0. The smallest absolute Gasteiger partial charge is 0.404 e. The average Bonchev–Trinajstić information content (AvgIpc) is 3.53. The third-order valence-corrected chi connectivity index (χ3v) is 7.92. The van der Waals surface area contributed by atoms with Crippen molar-refractivity contribution in [2.75, 3.05) is 0 Å². The lowest BCUT2D eigenvalue weighted by atomic mass is 10.00. The largest absolute Gasteiger partial charge is 0.494 e. The Balaban J connectivity index is 1.31. The monoisotopic (exact) mass is 491 g/mol. The van der Waals surface area contributed by atoms with Gasteiger partial charge in [0, 0.05) is 23.9 Å². The standard InChI is InChI=1S/C33H21N3O2/c1-2-8-22(9-3-1)23-15-17-24(18-16-23)25-20-27-26-10-6-14-31-36(26)33(35(27)21-25)32-28(11-7-12-29(32)38-31)37-30-13-4-5-19-34(30)33/h1-21H/q+2. The molecule has 6 heterocycles. The lowest BCUT2D eigenvalue weighted by Crippen LogP contribution is -2.77. The van der Waals surface area contributed by atoms with Gasteiger partial charge in [-0.25, -0.2) is 4.57 Å². The Morgan fingerprint density at radius 2 is 1.24 bits per heavy atom. The van der Waals surface area contributed by atoms with Crippen LogP contribution < -0.4 is 18.6 Å². The molecule has 0 radical (unpaired) electrons. The summed E-state index contributed by atoms with van der Waals surface area (Å²) in [5.74, 6) is 2.47. The SMILES string of the molecule is c1ccc(-c2ccc(-c3cc4n(c3)C35c6c(cccc6Oc6cccc-4[n+]63)Oc3cccc[n+]35)cc2)cc1. The quantitative estimate of drug-likeness (QED) is 0.264. The predicted octanol–water partition coefficient (Wildman–Crippen LogP) is 6.34. The van der Waals surface area contributed by atoms with E-state index in [9.17, 15) is 0 Å². The maximum absolute atomic E-state index is 6.45. The summed E-state index contributed by atoms with van der Waals surface area (Å²) in [6, 6.07) is 40.0. The van der Waals surface area contributed by atoms with E-state index in [4.69, 9.17) is 9.47 Å². The molecule has 3 aliphatic rings. The summed E-state index contributed by atoms with van der Waals surface area (Å²) < 4.78 is 19.7. The van der Waals surface area contributed by atoms with E-state index in [0.29, 0.717) is 0 Å². The van der Waals surface area contributed by atoms with Gasteiger partial charge in [0.2, 0.25) is 11.3 Å². The molecule has 5 heteroatoms. The van der Waals surface area contributed by atoms with Gasteiger partial charge in [0.15, 0.2) is 17.7 Å². The van der Waals surface area contributed by atoms with Crippen LogP contribution in [0, 0.1) is 0 Å². The molecule has 1 spiro atoms. The summed E-state index contributed by atoms with van der Waals surface area (Å²) in [5, 5.41) is 0. The third-order valence-electron chi connectivity index (χ3n) is 7.92. The molecule has 1 unspecified atom stereocenters. The van der Waals surface area contributed by atoms with Crippen molar-refractivity contribution < 1.29 is 18.6 Å². The van der Waals surface area contributed by atoms with Crippen LogP contribution in [0.1, 0.15) is 5.56 Å². The Hall–Kier alpha value is -5.16. The van der Waals surface area contributed by atoms with Crippen LogP contribution in [0.5, 0.6) is 23.3 Å². The van der Waals surface area contributed by atoms with Gasteiger partial charge in [0.1, 0.15) is 5.69 Å². The minimum absolute atomic E-state index is 0.720. The zero-order chi connectivity index (χ0) is 24.8. The number of aromatic nitrogens is 3. The summed E-state index contributed by atoms with van der Waals surface area (Å²) in [6.07, 6.45) is 4.36. The van der Waals surface area contributed by atoms with E-state index in [1.54, 1.807) is 0 Å². The van der Waals surface area contributed by atoms with Gasteiger partial charge in [-0.15, -0.1) is 0 Å². The van der Waals surface area contributed by atoms with Crippen molar-refractivity contribution >= 4 is 0 Å². The van der Waals surface area contributed by atoms with Gasteiger partial charge in [-0.2, -0.15) is 0 Å². The van der Waals surface area contributed by atoms with Gasteiger partial charge in [0.05, 0.1) is 12.1 Å². The maximum atomic E-state index is 6.45. The van der Waals surface area contributed by atoms with E-state index in [-0.39, 0.29) is 0 Å². The fourth-order valence-electron chi connectivity index (χ4n) is 6.34. The molecule has 0 saturated carbocycles. The van der Waals surface area contributed by atoms with Crippen molar-refractivity contribution in [3.8, 4) is 56.9 Å². The highest BCUT2D eigenvalue weighted by Crippen LogP contribution is 2.51. The first-order chi connectivity index (χ1) is 18.8. The molecule has 3 aliphatic heterocycles. The predicted molar refractivity (Wildman–Crippen MR) is 142 cm³/mol. The molecule has 0 fully saturated rings. The van der Waals surface area contributed by atoms with Crippen LogP contribution in [0.2, 0.25) is 0 Å². The van der Waals surface area contributed by atoms with Crippen LogP contribution in [-0.4, -0.2) is 4.57 Å². The van der Waals surface area contributed by atoms with Gasteiger partial charge >= 0.3 is 17.5 Å². The first-order valence-corrected chi connectivity index (χ1v) is 12.8. The molecule has 3 aromatic carbocycles. The van der Waals surface area contributed by atoms with Crippen LogP contribution in [0.4, 0.5) is 0 Å². The fourth-order valence-corrected chi connectivity index (χ4v) is 6.34. The van der Waals surface area contributed by atoms with E-state index < -0.39 is 5.79 Å². The van der Waals surface area contributed by atoms with E-state index in [0.717, 1.165) is 40.2 Å². The molecular formula is C33H21N3O2+2. The van der Waals surface area contributed by atoms with E-state index >= 15 is 0 Å². The van der Waals surface area contributed by atoms with Crippen molar-refractivity contribution in [3.05, 3.63) is 133 Å². The molecule has 0 saturated heterocycles. The lowest BCUT2D eigenvalue weighted by molar-refractivity contribution is -0.984. The van der Waals surface area contributed by atoms with Gasteiger partial charge in [-0.1, -0.05) is 69.8 Å². The zero-order valence-electron chi connectivity index (χ0n) is 20.3. The molecule has 178 valence electrons. The average molecular weight is 492 g/mol. The van der Waals surface area contributed by atoms with Gasteiger partial charge < -0.3 is 9.47 Å². The normalized spacial score (nSPS) is 16.9. The Bertz CT molecular complexity index is 1910. The summed E-state index contributed by atoms with van der Waals surface area (Å²) in [5.41, 5.74) is 7.99. The number of nitrogens with zero attached hydrogens (tertiary/aromatic N) is 3. The van der Waals surface area contributed by atoms with Crippen LogP contribution in [0.3, 0.4) is 0 Å². The first kappa shape index (κ1) is 20.0. The molecule has 5 nitrogen and oxygen atoms in total. The molecule has 0 N–H and O–H groups in total. The number of fused-ring (bicyclic) bond motifs is 3. The lowest BCUT2D eigenvalue weighted by Gasteiger charge is -2.31. The van der Waals surface area contributed by atoms with E-state index in [1.807, 2.05) is 42.5 Å². The summed E-state index contributed by atoms with van der Waals surface area (Å²) in [4.78, 5) is 0. The van der Waals surface area contributed by atoms with Gasteiger partial charge in [0.25, 0.3) is 0 Å². The molecule has 38 heavy (non-hydrogen) atoms. The molecule has 0 aliphatic carbocycles. The second kappa shape index (κ2) is 6.99.